The lowest BCUT2D eigenvalue weighted by molar-refractivity contribution is -0.278. The number of carbonyl (C=O) groups is 3. The average molecular weight is 506 g/mol. The lowest BCUT2D eigenvalue weighted by Crippen LogP contribution is -2.61. The number of nitrogens with one attached hydrogen (secondary N) is 3. The van der Waals surface area contributed by atoms with Crippen molar-refractivity contribution in [3.8, 4) is 0 Å². The molecular weight excluding hydrogens is 488 g/mol. The van der Waals surface area contributed by atoms with Gasteiger partial charge in [0.25, 0.3) is 11.8 Å². The van der Waals surface area contributed by atoms with Crippen LogP contribution < -0.4 is 20.9 Å². The number of para-hydroxylation sites is 2. The first-order valence-electron chi connectivity index (χ1n) is 9.33. The maximum absolute atomic E-state index is 13.0. The van der Waals surface area contributed by atoms with Gasteiger partial charge in [-0.3, -0.25) is 14.4 Å². The highest BCUT2D eigenvalue weighted by atomic mass is 19.4. The zero-order valence-corrected chi connectivity index (χ0v) is 17.2. The number of amides is 3. The highest BCUT2D eigenvalue weighted by Gasteiger charge is 2.58. The van der Waals surface area contributed by atoms with Crippen LogP contribution in [-0.2, 0) is 14.4 Å². The van der Waals surface area contributed by atoms with Gasteiger partial charge >= 0.3 is 18.3 Å². The molecule has 0 aliphatic carbocycles. The number of aliphatic hydroxyl groups is 1. The van der Waals surface area contributed by atoms with Crippen LogP contribution in [0.1, 0.15) is 6.92 Å². The van der Waals surface area contributed by atoms with E-state index in [1.807, 2.05) is 5.32 Å². The Morgan fingerprint density at radius 3 is 2.24 bits per heavy atom. The molecule has 2 atom stereocenters. The Labute approximate surface area is 186 Å². The second kappa shape index (κ2) is 9.23. The molecule has 0 aromatic heterocycles. The molecule has 4 N–H and O–H groups in total. The SMILES string of the molecule is CC(O)(C(=O)NCC(F)(F)C(F)(F)F)C(=O)NC1CN(CC(F)(F)F)c2ccccc2NC1=O. The molecule has 0 saturated carbocycles. The largest absolute Gasteiger partial charge is 0.455 e. The molecule has 16 heteroatoms. The van der Waals surface area contributed by atoms with Gasteiger partial charge in [0, 0.05) is 6.54 Å². The predicted molar refractivity (Wildman–Crippen MR) is 99.9 cm³/mol. The molecule has 2 unspecified atom stereocenters. The minimum Gasteiger partial charge on any atom is -0.372 e. The molecule has 1 aromatic rings. The van der Waals surface area contributed by atoms with Crippen molar-refractivity contribution in [2.45, 2.75) is 36.8 Å². The van der Waals surface area contributed by atoms with Crippen molar-refractivity contribution in [3.63, 3.8) is 0 Å². The fraction of sp³-hybridized carbons (Fsp3) is 0.500. The standard InChI is InChI=1S/C18H18F8N4O4/c1-15(34,13(32)27-7-16(19,20)18(24,25)26)14(33)29-10-6-30(8-17(21,22)23)11-5-3-2-4-9(11)28-12(10)31/h2-5,10,34H,6-8H2,1H3,(H,27,32)(H,28,31)(H,29,33). The summed E-state index contributed by atoms with van der Waals surface area (Å²) in [6.07, 6.45) is -10.8. The second-order valence-electron chi connectivity index (χ2n) is 7.49. The molecule has 0 fully saturated rings. The van der Waals surface area contributed by atoms with Crippen LogP contribution in [-0.4, -0.2) is 72.4 Å². The number of fused-ring (bicyclic) bond motifs is 1. The number of rotatable bonds is 6. The van der Waals surface area contributed by atoms with Gasteiger partial charge in [-0.25, -0.2) is 0 Å². The van der Waals surface area contributed by atoms with Gasteiger partial charge in [0.15, 0.2) is 0 Å². The molecule has 1 aliphatic heterocycles. The number of hydrogen-bond acceptors (Lipinski definition) is 5. The molecule has 34 heavy (non-hydrogen) atoms. The van der Waals surface area contributed by atoms with Gasteiger partial charge < -0.3 is 26.0 Å². The number of anilines is 2. The van der Waals surface area contributed by atoms with Crippen LogP contribution in [0.2, 0.25) is 0 Å². The Kier molecular flexibility index (Phi) is 7.35. The molecule has 0 bridgehead atoms. The first-order chi connectivity index (χ1) is 15.3. The molecule has 1 aromatic carbocycles. The van der Waals surface area contributed by atoms with Gasteiger partial charge in [-0.15, -0.1) is 0 Å². The van der Waals surface area contributed by atoms with E-state index in [4.69, 9.17) is 0 Å². The van der Waals surface area contributed by atoms with Crippen LogP contribution in [0.5, 0.6) is 0 Å². The van der Waals surface area contributed by atoms with E-state index in [1.54, 1.807) is 0 Å². The number of alkyl halides is 8. The van der Waals surface area contributed by atoms with Crippen LogP contribution in [0.15, 0.2) is 24.3 Å². The van der Waals surface area contributed by atoms with Gasteiger partial charge in [-0.2, -0.15) is 35.1 Å². The van der Waals surface area contributed by atoms with E-state index in [2.05, 4.69) is 5.32 Å². The van der Waals surface area contributed by atoms with Crippen LogP contribution in [0.4, 0.5) is 46.5 Å². The van der Waals surface area contributed by atoms with Crippen molar-refractivity contribution < 1.29 is 54.6 Å². The van der Waals surface area contributed by atoms with Crippen molar-refractivity contribution in [2.75, 3.05) is 29.9 Å². The highest BCUT2D eigenvalue weighted by Crippen LogP contribution is 2.35. The van der Waals surface area contributed by atoms with E-state index in [0.717, 1.165) is 5.32 Å². The first kappa shape index (κ1) is 27.1. The van der Waals surface area contributed by atoms with Crippen molar-refractivity contribution in [2.24, 2.45) is 0 Å². The van der Waals surface area contributed by atoms with E-state index in [-0.39, 0.29) is 11.4 Å². The second-order valence-corrected chi connectivity index (χ2v) is 7.49. The monoisotopic (exact) mass is 506 g/mol. The topological polar surface area (TPSA) is 111 Å². The van der Waals surface area contributed by atoms with Crippen molar-refractivity contribution in [1.29, 1.82) is 0 Å². The fourth-order valence-corrected chi connectivity index (χ4v) is 2.82. The third kappa shape index (κ3) is 6.24. The fourth-order valence-electron chi connectivity index (χ4n) is 2.82. The molecule has 0 saturated heterocycles. The predicted octanol–water partition coefficient (Wildman–Crippen LogP) is 1.56. The molecule has 1 heterocycles. The Balaban J connectivity index is 2.18. The summed E-state index contributed by atoms with van der Waals surface area (Å²) < 4.78 is 102. The summed E-state index contributed by atoms with van der Waals surface area (Å²) in [7, 11) is 0. The van der Waals surface area contributed by atoms with Crippen LogP contribution in [0.3, 0.4) is 0 Å². The van der Waals surface area contributed by atoms with Crippen LogP contribution in [0.25, 0.3) is 0 Å². The minimum atomic E-state index is -6.02. The normalized spacial score (nSPS) is 18.8. The molecule has 0 radical (unpaired) electrons. The van der Waals surface area contributed by atoms with E-state index >= 15 is 0 Å². The summed E-state index contributed by atoms with van der Waals surface area (Å²) in [5, 5.41) is 15.3. The molecule has 0 spiro atoms. The maximum Gasteiger partial charge on any atom is 0.455 e. The zero-order chi connectivity index (χ0) is 26.1. The third-order valence-corrected chi connectivity index (χ3v) is 4.67. The van der Waals surface area contributed by atoms with E-state index in [0.29, 0.717) is 11.8 Å². The van der Waals surface area contributed by atoms with Gasteiger partial charge in [0.1, 0.15) is 12.6 Å². The Hall–Kier alpha value is -3.17. The maximum atomic E-state index is 13.0. The summed E-state index contributed by atoms with van der Waals surface area (Å²) in [5.74, 6) is -10.1. The molecule has 190 valence electrons. The van der Waals surface area contributed by atoms with Gasteiger partial charge in [-0.05, 0) is 19.1 Å². The highest BCUT2D eigenvalue weighted by molar-refractivity contribution is 6.10. The van der Waals surface area contributed by atoms with E-state index in [1.165, 1.54) is 24.3 Å². The molecule has 8 nitrogen and oxygen atoms in total. The Bertz CT molecular complexity index is 949. The lowest BCUT2D eigenvalue weighted by atomic mass is 10.0. The van der Waals surface area contributed by atoms with Crippen molar-refractivity contribution in [3.05, 3.63) is 24.3 Å². The Morgan fingerprint density at radius 2 is 1.68 bits per heavy atom. The van der Waals surface area contributed by atoms with Gasteiger partial charge in [0.2, 0.25) is 11.5 Å². The van der Waals surface area contributed by atoms with E-state index in [9.17, 15) is 54.6 Å². The van der Waals surface area contributed by atoms with Crippen LogP contribution >= 0.6 is 0 Å². The molecule has 2 rings (SSSR count). The minimum absolute atomic E-state index is 0.0348. The first-order valence-corrected chi connectivity index (χ1v) is 9.33. The number of benzene rings is 1. The summed E-state index contributed by atoms with van der Waals surface area (Å²) in [4.78, 5) is 37.4. The number of halogens is 8. The summed E-state index contributed by atoms with van der Waals surface area (Å²) in [6, 6.07) is 3.56. The molecule has 1 aliphatic rings. The van der Waals surface area contributed by atoms with Gasteiger partial charge in [0.05, 0.1) is 17.9 Å². The van der Waals surface area contributed by atoms with Crippen LogP contribution in [0, 0.1) is 0 Å². The Morgan fingerprint density at radius 1 is 1.09 bits per heavy atom. The quantitative estimate of drug-likeness (QED) is 0.346. The number of nitrogens with zero attached hydrogens (tertiary/aromatic N) is 1. The van der Waals surface area contributed by atoms with Crippen molar-refractivity contribution in [1.82, 2.24) is 10.6 Å². The zero-order valence-electron chi connectivity index (χ0n) is 17.2. The summed E-state index contributed by atoms with van der Waals surface area (Å²) in [5.41, 5.74) is -3.34. The molecular formula is C18H18F8N4O4. The third-order valence-electron chi connectivity index (χ3n) is 4.67. The number of hydrogen-bond donors (Lipinski definition) is 4. The number of carbonyl (C=O) groups excluding carboxylic acids is 3. The van der Waals surface area contributed by atoms with E-state index < -0.39 is 67.3 Å². The van der Waals surface area contributed by atoms with Gasteiger partial charge in [-0.1, -0.05) is 12.1 Å². The van der Waals surface area contributed by atoms with Crippen molar-refractivity contribution >= 4 is 29.1 Å². The average Bonchev–Trinajstić information content (AvgIpc) is 2.80. The summed E-state index contributed by atoms with van der Waals surface area (Å²) >= 11 is 0. The summed E-state index contributed by atoms with van der Waals surface area (Å²) in [6.45, 7) is -4.18. The molecule has 3 amide bonds. The smallest absolute Gasteiger partial charge is 0.372 e. The lowest BCUT2D eigenvalue weighted by Gasteiger charge is -2.29.